The number of benzene rings is 2. The third kappa shape index (κ3) is 2.65. The maximum absolute atomic E-state index is 12.2. The van der Waals surface area contributed by atoms with Crippen LogP contribution in [0.3, 0.4) is 0 Å². The third-order valence-electron chi connectivity index (χ3n) is 5.39. The van der Waals surface area contributed by atoms with Crippen molar-refractivity contribution >= 4 is 32.2 Å². The smallest absolute Gasteiger partial charge is 0.267 e. The maximum Gasteiger partial charge on any atom is 0.272 e. The van der Waals surface area contributed by atoms with Gasteiger partial charge in [-0.2, -0.15) is 15.5 Å². The minimum atomic E-state index is -0.198. The van der Waals surface area contributed by atoms with Gasteiger partial charge in [0.2, 0.25) is 0 Å². The molecule has 6 nitrogen and oxygen atoms in total. The minimum Gasteiger partial charge on any atom is -0.267 e. The lowest BCUT2D eigenvalue weighted by Crippen LogP contribution is -2.10. The fourth-order valence-corrected chi connectivity index (χ4v) is 4.96. The molecule has 0 saturated heterocycles. The van der Waals surface area contributed by atoms with Gasteiger partial charge in [-0.15, -0.1) is 11.3 Å². The molecule has 0 radical (unpaired) electrons. The van der Waals surface area contributed by atoms with Crippen molar-refractivity contribution in [1.82, 2.24) is 20.0 Å². The Balaban J connectivity index is 1.81. The Hall–Kier alpha value is -3.76. The second-order valence-corrected chi connectivity index (χ2v) is 8.11. The molecule has 0 amide bonds. The van der Waals surface area contributed by atoms with Gasteiger partial charge in [-0.05, 0) is 30.2 Å². The molecule has 0 bridgehead atoms. The van der Waals surface area contributed by atoms with E-state index in [0.717, 1.165) is 43.6 Å². The number of hydrogen-bond donors (Lipinski definition) is 1. The van der Waals surface area contributed by atoms with Gasteiger partial charge in [0.25, 0.3) is 5.56 Å². The number of hydrogen-bond acceptors (Lipinski definition) is 5. The number of fused-ring (bicyclic) bond motifs is 2. The first-order valence-electron chi connectivity index (χ1n) is 9.58. The van der Waals surface area contributed by atoms with Crippen LogP contribution in [0.4, 0.5) is 0 Å². The zero-order chi connectivity index (χ0) is 20.8. The predicted octanol–water partition coefficient (Wildman–Crippen LogP) is 4.64. The SMILES string of the molecule is CCc1n[nH]c(=O)c2ccc(-c3cnn(C)c3-c3c(C#N)sc4ccccc34)cc12. The molecule has 146 valence electrons. The lowest BCUT2D eigenvalue weighted by atomic mass is 9.97. The summed E-state index contributed by atoms with van der Waals surface area (Å²) in [5.74, 6) is 0. The Bertz CT molecular complexity index is 1530. The zero-order valence-corrected chi connectivity index (χ0v) is 17.2. The lowest BCUT2D eigenvalue weighted by molar-refractivity contribution is 0.776. The zero-order valence-electron chi connectivity index (χ0n) is 16.4. The molecule has 7 heteroatoms. The fraction of sp³-hybridized carbons (Fsp3) is 0.130. The van der Waals surface area contributed by atoms with Crippen molar-refractivity contribution in [2.24, 2.45) is 7.05 Å². The summed E-state index contributed by atoms with van der Waals surface area (Å²) in [4.78, 5) is 12.9. The highest BCUT2D eigenvalue weighted by atomic mass is 32.1. The Morgan fingerprint density at radius 2 is 2.00 bits per heavy atom. The summed E-state index contributed by atoms with van der Waals surface area (Å²) in [5.41, 5.74) is 4.28. The summed E-state index contributed by atoms with van der Waals surface area (Å²) in [7, 11) is 1.89. The monoisotopic (exact) mass is 411 g/mol. The summed E-state index contributed by atoms with van der Waals surface area (Å²) in [5, 5.41) is 23.6. The second-order valence-electron chi connectivity index (χ2n) is 7.06. The molecule has 3 aromatic heterocycles. The average Bonchev–Trinajstić information content (AvgIpc) is 3.33. The van der Waals surface area contributed by atoms with Crippen molar-refractivity contribution in [3.8, 4) is 28.5 Å². The third-order valence-corrected chi connectivity index (χ3v) is 6.46. The van der Waals surface area contributed by atoms with Crippen LogP contribution in [0.5, 0.6) is 0 Å². The number of thiophene rings is 1. The standard InChI is InChI=1S/C23H17N5OS/c1-3-18-16-10-13(8-9-14(16)23(29)27-26-18)17-12-25-28(2)22(17)21-15-6-4-5-7-19(15)30-20(21)11-24/h4-10,12H,3H2,1-2H3,(H,27,29). The van der Waals surface area contributed by atoms with Crippen molar-refractivity contribution in [2.45, 2.75) is 13.3 Å². The molecule has 0 aliphatic carbocycles. The van der Waals surface area contributed by atoms with Gasteiger partial charge in [0, 0.05) is 33.6 Å². The molecule has 30 heavy (non-hydrogen) atoms. The van der Waals surface area contributed by atoms with Crippen molar-refractivity contribution in [3.05, 3.63) is 69.6 Å². The molecule has 5 aromatic rings. The summed E-state index contributed by atoms with van der Waals surface area (Å²) < 4.78 is 2.88. The quantitative estimate of drug-likeness (QED) is 0.468. The number of nitriles is 1. The Morgan fingerprint density at radius 1 is 1.17 bits per heavy atom. The van der Waals surface area contributed by atoms with Crippen LogP contribution >= 0.6 is 11.3 Å². The predicted molar refractivity (Wildman–Crippen MR) is 119 cm³/mol. The van der Waals surface area contributed by atoms with Gasteiger partial charge in [-0.25, -0.2) is 5.10 Å². The van der Waals surface area contributed by atoms with Crippen LogP contribution in [0, 0.1) is 11.3 Å². The number of aromatic amines is 1. The van der Waals surface area contributed by atoms with E-state index in [2.05, 4.69) is 21.4 Å². The van der Waals surface area contributed by atoms with Crippen molar-refractivity contribution < 1.29 is 0 Å². The Kier molecular flexibility index (Phi) is 4.23. The molecule has 0 atom stereocenters. The molecule has 0 spiro atoms. The largest absolute Gasteiger partial charge is 0.272 e. The molecule has 0 fully saturated rings. The molecule has 0 aliphatic rings. The molecule has 1 N–H and O–H groups in total. The maximum atomic E-state index is 12.2. The number of nitrogens with one attached hydrogen (secondary N) is 1. The van der Waals surface area contributed by atoms with E-state index in [0.29, 0.717) is 16.7 Å². The van der Waals surface area contributed by atoms with Gasteiger partial charge in [-0.3, -0.25) is 9.48 Å². The van der Waals surface area contributed by atoms with Crippen LogP contribution in [0.2, 0.25) is 0 Å². The number of rotatable bonds is 3. The normalized spacial score (nSPS) is 11.2. The first-order valence-corrected chi connectivity index (χ1v) is 10.4. The van der Waals surface area contributed by atoms with Crippen molar-refractivity contribution in [1.29, 1.82) is 5.26 Å². The van der Waals surface area contributed by atoms with E-state index in [1.165, 1.54) is 11.3 Å². The van der Waals surface area contributed by atoms with Crippen molar-refractivity contribution in [2.75, 3.05) is 0 Å². The van der Waals surface area contributed by atoms with Gasteiger partial charge in [0.1, 0.15) is 10.9 Å². The number of H-pyrrole nitrogens is 1. The van der Waals surface area contributed by atoms with E-state index in [1.807, 2.05) is 67.3 Å². The van der Waals surface area contributed by atoms with Crippen LogP contribution in [0.1, 0.15) is 17.5 Å². The molecule has 3 heterocycles. The summed E-state index contributed by atoms with van der Waals surface area (Å²) >= 11 is 1.49. The number of aromatic nitrogens is 4. The highest BCUT2D eigenvalue weighted by Gasteiger charge is 2.21. The van der Waals surface area contributed by atoms with Crippen LogP contribution in [-0.4, -0.2) is 20.0 Å². The molecule has 0 unspecified atom stereocenters. The molecule has 0 saturated carbocycles. The summed E-state index contributed by atoms with van der Waals surface area (Å²) in [6, 6.07) is 16.1. The first-order chi connectivity index (χ1) is 14.6. The van der Waals surface area contributed by atoms with Gasteiger partial charge in [-0.1, -0.05) is 31.2 Å². The van der Waals surface area contributed by atoms with E-state index in [1.54, 1.807) is 0 Å². The Morgan fingerprint density at radius 3 is 2.80 bits per heavy atom. The van der Waals surface area contributed by atoms with Gasteiger partial charge in [0.15, 0.2) is 0 Å². The molecule has 2 aromatic carbocycles. The fourth-order valence-electron chi connectivity index (χ4n) is 3.96. The van der Waals surface area contributed by atoms with E-state index < -0.39 is 0 Å². The van der Waals surface area contributed by atoms with Gasteiger partial charge >= 0.3 is 0 Å². The van der Waals surface area contributed by atoms with E-state index in [9.17, 15) is 10.1 Å². The molecule has 0 aliphatic heterocycles. The van der Waals surface area contributed by atoms with Gasteiger partial charge in [0.05, 0.1) is 23.0 Å². The van der Waals surface area contributed by atoms with Crippen molar-refractivity contribution in [3.63, 3.8) is 0 Å². The molecule has 5 rings (SSSR count). The highest BCUT2D eigenvalue weighted by Crippen LogP contribution is 2.42. The average molecular weight is 411 g/mol. The highest BCUT2D eigenvalue weighted by molar-refractivity contribution is 7.20. The van der Waals surface area contributed by atoms with E-state index in [-0.39, 0.29) is 5.56 Å². The molecular formula is C23H17N5OS. The van der Waals surface area contributed by atoms with Crippen LogP contribution in [0.25, 0.3) is 43.2 Å². The van der Waals surface area contributed by atoms with Crippen LogP contribution < -0.4 is 5.56 Å². The van der Waals surface area contributed by atoms with E-state index >= 15 is 0 Å². The Labute approximate surface area is 176 Å². The number of aryl methyl sites for hydroxylation is 2. The topological polar surface area (TPSA) is 87.4 Å². The second kappa shape index (κ2) is 6.94. The number of nitrogens with zero attached hydrogens (tertiary/aromatic N) is 4. The lowest BCUT2D eigenvalue weighted by Gasteiger charge is -2.09. The van der Waals surface area contributed by atoms with Crippen LogP contribution in [0.15, 0.2) is 53.5 Å². The molecular weight excluding hydrogens is 394 g/mol. The minimum absolute atomic E-state index is 0.198. The van der Waals surface area contributed by atoms with Crippen LogP contribution in [-0.2, 0) is 13.5 Å². The van der Waals surface area contributed by atoms with Gasteiger partial charge < -0.3 is 0 Å². The summed E-state index contributed by atoms with van der Waals surface area (Å²) in [6.07, 6.45) is 2.53. The summed E-state index contributed by atoms with van der Waals surface area (Å²) in [6.45, 7) is 2.01. The van der Waals surface area contributed by atoms with E-state index in [4.69, 9.17) is 0 Å². The first kappa shape index (κ1) is 18.3.